The molecule has 92 heavy (non-hydrogen) atoms. The van der Waals surface area contributed by atoms with Gasteiger partial charge in [0, 0.05) is 85.2 Å². The van der Waals surface area contributed by atoms with Gasteiger partial charge in [0.1, 0.15) is 28.2 Å². The van der Waals surface area contributed by atoms with Crippen molar-refractivity contribution in [3.63, 3.8) is 0 Å². The maximum Gasteiger partial charge on any atom is 0.212 e. The molecule has 0 N–H and O–H groups in total. The zero-order valence-corrected chi connectivity index (χ0v) is 63.0. The SMILES string of the molecule is Cc1ccc(-c2cc(C)c(CC(C)(C)C)c[n+]2C)c(C)c1.Cc1ccc(-c2cc(CC(C)(C)C)c(CC(C)(C)C)c[n+]2C)c(C)c1.[2H]C([2H])([2H])c1ccc(-c2cc(C([2H])([2H])C(C)(C)C)c(C([2H])([2H])C(C)(C)C)c[n+]2C)c(C)c1.[2H]C([2H])([2H])c1ccc(-c2cc(C)c(C([2H])([2H])C(C)(C)C)c[n+]2C)c(C)c1. The van der Waals surface area contributed by atoms with E-state index in [0.29, 0.717) is 38.8 Å². The van der Waals surface area contributed by atoms with Gasteiger partial charge in [-0.15, -0.1) is 0 Å². The van der Waals surface area contributed by atoms with Crippen molar-refractivity contribution in [1.82, 2.24) is 0 Å². The summed E-state index contributed by atoms with van der Waals surface area (Å²) in [6.07, 6.45) is 6.48. The second-order valence-electron chi connectivity index (χ2n) is 33.3. The molecular formula is C88H128N4+4. The minimum atomic E-state index is -2.20. The summed E-state index contributed by atoms with van der Waals surface area (Å²) in [5.41, 5.74) is 23.1. The van der Waals surface area contributed by atoms with Gasteiger partial charge in [0.25, 0.3) is 0 Å². The molecule has 0 amide bonds. The van der Waals surface area contributed by atoms with Crippen LogP contribution in [0, 0.1) is 102 Å². The van der Waals surface area contributed by atoms with Gasteiger partial charge in [0.2, 0.25) is 22.8 Å². The summed E-state index contributed by atoms with van der Waals surface area (Å²) >= 11 is 0. The van der Waals surface area contributed by atoms with Crippen LogP contribution in [0.5, 0.6) is 0 Å². The number of hydrogen-bond donors (Lipinski definition) is 0. The lowest BCUT2D eigenvalue weighted by Crippen LogP contribution is -2.33. The fourth-order valence-corrected chi connectivity index (χ4v) is 11.9. The van der Waals surface area contributed by atoms with E-state index in [1.165, 1.54) is 67.0 Å². The van der Waals surface area contributed by atoms with Crippen LogP contribution >= 0.6 is 0 Å². The highest BCUT2D eigenvalue weighted by Gasteiger charge is 2.27. The third kappa shape index (κ3) is 23.5. The van der Waals surface area contributed by atoms with Gasteiger partial charge in [0.15, 0.2) is 24.8 Å². The number of benzene rings is 4. The zero-order chi connectivity index (χ0) is 79.9. The molecule has 0 aliphatic rings. The molecule has 0 spiro atoms. The first-order valence-corrected chi connectivity index (χ1v) is 33.3. The second kappa shape index (κ2) is 30.3. The van der Waals surface area contributed by atoms with Crippen molar-refractivity contribution in [2.75, 3.05) is 0 Å². The summed E-state index contributed by atoms with van der Waals surface area (Å²) in [5, 5.41) is 0. The standard InChI is InChI=1S/2C24H36N.2C20H28N/c2*1-17-10-11-21(18(2)12-17)22-13-19(14-23(3,4)5)20(16-25(22)9)15-24(6,7)8;2*1-14-8-9-18(16(3)10-14)19-11-15(2)17(13-21(19)7)12-20(4,5)6/h2*10-13,16H,14-15H2,1-9H3;2*8-11,13H,12H2,1-7H3/q4*+1/i1D3,14D2,15D2;;1D3,12D2;. The van der Waals surface area contributed by atoms with Crippen LogP contribution in [-0.2, 0) is 66.6 Å². The van der Waals surface area contributed by atoms with Crippen LogP contribution in [-0.4, -0.2) is 0 Å². The Labute approximate surface area is 580 Å². The number of hydrogen-bond acceptors (Lipinski definition) is 0. The van der Waals surface area contributed by atoms with Gasteiger partial charge in [0.05, 0.1) is 0 Å². The molecule has 0 aliphatic carbocycles. The number of nitrogens with zero attached hydrogens (tertiary/aromatic N) is 4. The van der Waals surface area contributed by atoms with Crippen LogP contribution in [0.1, 0.15) is 230 Å². The van der Waals surface area contributed by atoms with Gasteiger partial charge < -0.3 is 0 Å². The van der Waals surface area contributed by atoms with Crippen molar-refractivity contribution in [1.29, 1.82) is 0 Å². The van der Waals surface area contributed by atoms with E-state index in [9.17, 15) is 0 Å². The van der Waals surface area contributed by atoms with Crippen LogP contribution in [0.15, 0.2) is 122 Å². The largest absolute Gasteiger partial charge is 0.212 e. The highest BCUT2D eigenvalue weighted by molar-refractivity contribution is 5.65. The summed E-state index contributed by atoms with van der Waals surface area (Å²) in [5.74, 6) is 0. The van der Waals surface area contributed by atoms with Crippen LogP contribution < -0.4 is 18.3 Å². The summed E-state index contributed by atoms with van der Waals surface area (Å²) in [7, 11) is 8.04. The van der Waals surface area contributed by atoms with Crippen LogP contribution in [0.3, 0.4) is 0 Å². The average molecular weight is 1250 g/mol. The molecule has 8 aromatic rings. The molecule has 0 saturated heterocycles. The first-order chi connectivity index (χ1) is 46.8. The predicted octanol–water partition coefficient (Wildman–Crippen LogP) is 21.3. The number of aryl methyl sites for hydroxylation is 14. The lowest BCUT2D eigenvalue weighted by molar-refractivity contribution is -0.661. The topological polar surface area (TPSA) is 15.5 Å². The van der Waals surface area contributed by atoms with E-state index >= 15 is 0 Å². The molecule has 496 valence electrons. The maximum atomic E-state index is 8.96. The molecule has 0 fully saturated rings. The van der Waals surface area contributed by atoms with Crippen molar-refractivity contribution >= 4 is 0 Å². The van der Waals surface area contributed by atoms with E-state index < -0.39 is 49.1 Å². The normalized spacial score (nSPS) is 14.8. The van der Waals surface area contributed by atoms with Crippen molar-refractivity contribution < 1.29 is 34.7 Å². The number of pyridine rings is 4. The lowest BCUT2D eigenvalue weighted by atomic mass is 9.81. The van der Waals surface area contributed by atoms with Crippen molar-refractivity contribution in [3.8, 4) is 45.0 Å². The summed E-state index contributed by atoms with van der Waals surface area (Å²) in [6, 6.07) is 32.1. The van der Waals surface area contributed by atoms with Gasteiger partial charge >= 0.3 is 0 Å². The lowest BCUT2D eigenvalue weighted by Gasteiger charge is -2.24. The van der Waals surface area contributed by atoms with Gasteiger partial charge in [-0.3, -0.25) is 0 Å². The van der Waals surface area contributed by atoms with Gasteiger partial charge in [-0.2, -0.15) is 0 Å². The highest BCUT2D eigenvalue weighted by Crippen LogP contribution is 2.34. The summed E-state index contributed by atoms with van der Waals surface area (Å²) in [6.45, 7) is 49.7. The van der Waals surface area contributed by atoms with Crippen LogP contribution in [0.25, 0.3) is 45.0 Å². The molecule has 0 radical (unpaired) electrons. The van der Waals surface area contributed by atoms with E-state index in [2.05, 4.69) is 181 Å². The minimum absolute atomic E-state index is 0.257. The molecule has 4 nitrogen and oxygen atoms in total. The fourth-order valence-electron chi connectivity index (χ4n) is 11.9. The Bertz CT molecular complexity index is 4370. The Balaban J connectivity index is 0.000000252. The van der Waals surface area contributed by atoms with Gasteiger partial charge in [-0.05, 0) is 209 Å². The van der Waals surface area contributed by atoms with E-state index in [1.807, 2.05) is 120 Å². The van der Waals surface area contributed by atoms with E-state index in [-0.39, 0.29) is 11.0 Å². The van der Waals surface area contributed by atoms with E-state index in [0.717, 1.165) is 52.8 Å². The molecule has 0 saturated carbocycles. The molecule has 4 aromatic carbocycles. The molecule has 4 heterocycles. The van der Waals surface area contributed by atoms with Crippen molar-refractivity contribution in [2.45, 2.75) is 232 Å². The minimum Gasteiger partial charge on any atom is -0.201 e. The van der Waals surface area contributed by atoms with Crippen molar-refractivity contribution in [3.05, 3.63) is 211 Å². The molecule has 4 heteroatoms. The molecule has 0 aliphatic heterocycles. The Morgan fingerprint density at radius 3 is 0.880 bits per heavy atom. The number of rotatable bonds is 10. The molecule has 4 aromatic heterocycles. The van der Waals surface area contributed by atoms with Crippen molar-refractivity contribution in [2.24, 2.45) is 60.7 Å². The van der Waals surface area contributed by atoms with Crippen LogP contribution in [0.4, 0.5) is 0 Å². The zero-order valence-electron chi connectivity index (χ0n) is 75.0. The molecule has 0 bridgehead atoms. The first-order valence-electron chi connectivity index (χ1n) is 39.3. The molecule has 0 atom stereocenters. The molecular weight excluding hydrogens is 1110 g/mol. The third-order valence-corrected chi connectivity index (χ3v) is 15.8. The first kappa shape index (κ1) is 59.2. The quantitative estimate of drug-likeness (QED) is 0.121. The van der Waals surface area contributed by atoms with E-state index in [1.54, 1.807) is 47.2 Å². The smallest absolute Gasteiger partial charge is 0.201 e. The monoisotopic (exact) mass is 1250 g/mol. The second-order valence-corrected chi connectivity index (χ2v) is 33.3. The summed E-state index contributed by atoms with van der Waals surface area (Å²) < 4.78 is 107. The maximum absolute atomic E-state index is 8.96. The highest BCUT2D eigenvalue weighted by atomic mass is 14.9. The average Bonchev–Trinajstić information content (AvgIpc) is 0.738. The van der Waals surface area contributed by atoms with Crippen LogP contribution in [0.2, 0.25) is 0 Å². The molecule has 8 rings (SSSR count). The Hall–Kier alpha value is -6.52. The summed E-state index contributed by atoms with van der Waals surface area (Å²) in [4.78, 5) is 0. The van der Waals surface area contributed by atoms with Gasteiger partial charge in [-0.1, -0.05) is 195 Å². The third-order valence-electron chi connectivity index (χ3n) is 15.8. The Kier molecular flexibility index (Phi) is 19.5. The Morgan fingerprint density at radius 1 is 0.272 bits per heavy atom. The predicted molar refractivity (Wildman–Crippen MR) is 399 cm³/mol. The van der Waals surface area contributed by atoms with Gasteiger partial charge in [-0.25, -0.2) is 18.3 Å². The number of aromatic nitrogens is 4. The Morgan fingerprint density at radius 2 is 0.533 bits per heavy atom. The van der Waals surface area contributed by atoms with E-state index in [4.69, 9.17) is 16.4 Å². The fraction of sp³-hybridized carbons (Fsp3) is 0.500. The molecule has 0 unspecified atom stereocenters.